The van der Waals surface area contributed by atoms with Gasteiger partial charge in [0, 0.05) is 17.0 Å². The Morgan fingerprint density at radius 2 is 1.95 bits per heavy atom. The largest absolute Gasteiger partial charge is 0.383 e. The van der Waals surface area contributed by atoms with Crippen molar-refractivity contribution >= 4 is 5.82 Å². The molecule has 1 aromatic carbocycles. The lowest BCUT2D eigenvalue weighted by Crippen LogP contribution is -2.25. The molecular weight excluding hydrogens is 260 g/mol. The van der Waals surface area contributed by atoms with Crippen LogP contribution in [0.1, 0.15) is 50.9 Å². The fourth-order valence-electron chi connectivity index (χ4n) is 2.76. The van der Waals surface area contributed by atoms with Crippen LogP contribution >= 0.6 is 0 Å². The van der Waals surface area contributed by atoms with Gasteiger partial charge in [-0.25, -0.2) is 4.98 Å². The Morgan fingerprint density at radius 1 is 1.29 bits per heavy atom. The van der Waals surface area contributed by atoms with E-state index >= 15 is 0 Å². The summed E-state index contributed by atoms with van der Waals surface area (Å²) in [7, 11) is 0. The van der Waals surface area contributed by atoms with Crippen LogP contribution in [-0.2, 0) is 5.54 Å². The summed E-state index contributed by atoms with van der Waals surface area (Å²) in [6.45, 7) is 6.41. The van der Waals surface area contributed by atoms with Crippen LogP contribution in [-0.4, -0.2) is 9.55 Å². The average Bonchev–Trinajstić information content (AvgIpc) is 3.21. The second-order valence-electron chi connectivity index (χ2n) is 6.64. The number of nitrogen functional groups attached to an aromatic ring is 1. The summed E-state index contributed by atoms with van der Waals surface area (Å²) in [5.74, 6) is 2.23. The maximum Gasteiger partial charge on any atom is 0.132 e. The maximum atomic E-state index is 9.30. The van der Waals surface area contributed by atoms with Crippen molar-refractivity contribution in [2.45, 2.75) is 45.1 Å². The molecule has 21 heavy (non-hydrogen) atoms. The summed E-state index contributed by atoms with van der Waals surface area (Å²) in [6.07, 6.45) is 2.34. The van der Waals surface area contributed by atoms with E-state index in [2.05, 4.69) is 31.4 Å². The summed E-state index contributed by atoms with van der Waals surface area (Å²) in [5.41, 5.74) is 8.46. The van der Waals surface area contributed by atoms with Crippen molar-refractivity contribution in [2.24, 2.45) is 0 Å². The van der Waals surface area contributed by atoms with Gasteiger partial charge in [0.15, 0.2) is 0 Å². The lowest BCUT2D eigenvalue weighted by atomic mass is 10.0. The molecule has 3 rings (SSSR count). The zero-order valence-corrected chi connectivity index (χ0v) is 12.7. The van der Waals surface area contributed by atoms with Crippen molar-refractivity contribution in [1.29, 1.82) is 5.26 Å². The van der Waals surface area contributed by atoms with Crippen LogP contribution in [0.4, 0.5) is 5.82 Å². The van der Waals surface area contributed by atoms with Crippen LogP contribution < -0.4 is 5.73 Å². The molecule has 0 bridgehead atoms. The molecule has 4 nitrogen and oxygen atoms in total. The molecule has 0 atom stereocenters. The number of nitrogens with zero attached hydrogens (tertiary/aromatic N) is 3. The van der Waals surface area contributed by atoms with E-state index in [9.17, 15) is 5.26 Å². The first-order valence-corrected chi connectivity index (χ1v) is 7.31. The number of imidazole rings is 1. The van der Waals surface area contributed by atoms with Gasteiger partial charge in [0.05, 0.1) is 11.6 Å². The molecule has 108 valence electrons. The van der Waals surface area contributed by atoms with Crippen LogP contribution in [0.3, 0.4) is 0 Å². The maximum absolute atomic E-state index is 9.30. The summed E-state index contributed by atoms with van der Waals surface area (Å²) < 4.78 is 2.13. The second-order valence-corrected chi connectivity index (χ2v) is 6.64. The van der Waals surface area contributed by atoms with Crippen molar-refractivity contribution < 1.29 is 0 Å². The Morgan fingerprint density at radius 3 is 2.52 bits per heavy atom. The van der Waals surface area contributed by atoms with Crippen molar-refractivity contribution in [3.8, 4) is 17.3 Å². The summed E-state index contributed by atoms with van der Waals surface area (Å²) >= 11 is 0. The molecule has 2 aromatic rings. The average molecular weight is 280 g/mol. The Kier molecular flexibility index (Phi) is 3.02. The van der Waals surface area contributed by atoms with Crippen LogP contribution in [0.5, 0.6) is 0 Å². The van der Waals surface area contributed by atoms with E-state index in [0.717, 1.165) is 17.1 Å². The van der Waals surface area contributed by atoms with E-state index in [1.165, 1.54) is 12.8 Å². The third-order valence-corrected chi connectivity index (χ3v) is 3.85. The molecule has 0 saturated heterocycles. The van der Waals surface area contributed by atoms with Crippen LogP contribution in [0, 0.1) is 11.3 Å². The molecule has 0 aliphatic heterocycles. The Hall–Kier alpha value is -2.28. The number of nitrogens with two attached hydrogens (primary N) is 1. The minimum absolute atomic E-state index is 0.116. The van der Waals surface area contributed by atoms with E-state index in [4.69, 9.17) is 10.7 Å². The topological polar surface area (TPSA) is 67.6 Å². The van der Waals surface area contributed by atoms with E-state index < -0.39 is 0 Å². The Bertz CT molecular complexity index is 724. The van der Waals surface area contributed by atoms with E-state index in [-0.39, 0.29) is 5.54 Å². The zero-order chi connectivity index (χ0) is 15.2. The lowest BCUT2D eigenvalue weighted by molar-refractivity contribution is 0.388. The molecule has 0 unspecified atom stereocenters. The molecule has 4 heteroatoms. The van der Waals surface area contributed by atoms with Gasteiger partial charge in [-0.1, -0.05) is 18.2 Å². The molecule has 1 saturated carbocycles. The highest BCUT2D eigenvalue weighted by molar-refractivity contribution is 5.76. The van der Waals surface area contributed by atoms with Crippen molar-refractivity contribution in [3.05, 3.63) is 35.7 Å². The number of aromatic nitrogens is 2. The molecule has 1 aliphatic carbocycles. The van der Waals surface area contributed by atoms with Crippen molar-refractivity contribution in [2.75, 3.05) is 5.73 Å². The van der Waals surface area contributed by atoms with Gasteiger partial charge < -0.3 is 10.3 Å². The van der Waals surface area contributed by atoms with Gasteiger partial charge in [0.25, 0.3) is 0 Å². The normalized spacial score (nSPS) is 15.0. The Labute approximate surface area is 125 Å². The quantitative estimate of drug-likeness (QED) is 0.913. The molecule has 0 spiro atoms. The highest BCUT2D eigenvalue weighted by atomic mass is 15.2. The van der Waals surface area contributed by atoms with Gasteiger partial charge in [-0.05, 0) is 39.7 Å². The fraction of sp³-hybridized carbons (Fsp3) is 0.412. The number of hydrogen-bond donors (Lipinski definition) is 1. The number of nitriles is 1. The van der Waals surface area contributed by atoms with E-state index in [0.29, 0.717) is 17.3 Å². The number of rotatable bonds is 2. The standard InChI is InChI=1S/C17H20N4/c1-17(2,3)21-15(19)14(20-16(21)11-8-9-11)13-7-5-4-6-12(13)10-18/h4-7,11H,8-9,19H2,1-3H3. The minimum Gasteiger partial charge on any atom is -0.383 e. The predicted molar refractivity (Wildman–Crippen MR) is 83.8 cm³/mol. The van der Waals surface area contributed by atoms with Crippen LogP contribution in [0.15, 0.2) is 24.3 Å². The zero-order valence-electron chi connectivity index (χ0n) is 12.7. The minimum atomic E-state index is -0.116. The molecule has 1 aliphatic rings. The predicted octanol–water partition coefficient (Wildman–Crippen LogP) is 3.64. The third kappa shape index (κ3) is 2.29. The van der Waals surface area contributed by atoms with Crippen LogP contribution in [0.25, 0.3) is 11.3 Å². The Balaban J connectivity index is 2.23. The van der Waals surface area contributed by atoms with Gasteiger partial charge in [0.1, 0.15) is 17.3 Å². The summed E-state index contributed by atoms with van der Waals surface area (Å²) in [5, 5.41) is 9.30. The number of hydrogen-bond acceptors (Lipinski definition) is 3. The first kappa shape index (κ1) is 13.7. The van der Waals surface area contributed by atoms with Crippen molar-refractivity contribution in [3.63, 3.8) is 0 Å². The molecular formula is C17H20N4. The third-order valence-electron chi connectivity index (χ3n) is 3.85. The molecule has 0 amide bonds. The highest BCUT2D eigenvalue weighted by Crippen LogP contribution is 2.44. The lowest BCUT2D eigenvalue weighted by Gasteiger charge is -2.25. The fourth-order valence-corrected chi connectivity index (χ4v) is 2.76. The molecule has 1 aromatic heterocycles. The first-order chi connectivity index (χ1) is 9.93. The first-order valence-electron chi connectivity index (χ1n) is 7.31. The second kappa shape index (κ2) is 4.63. The van der Waals surface area contributed by atoms with Crippen molar-refractivity contribution in [1.82, 2.24) is 9.55 Å². The van der Waals surface area contributed by atoms with E-state index in [1.54, 1.807) is 0 Å². The molecule has 0 radical (unpaired) electrons. The van der Waals surface area contributed by atoms with Gasteiger partial charge in [-0.2, -0.15) is 5.26 Å². The van der Waals surface area contributed by atoms with E-state index in [1.807, 2.05) is 24.3 Å². The SMILES string of the molecule is CC(C)(C)n1c(C2CC2)nc(-c2ccccc2C#N)c1N. The monoisotopic (exact) mass is 280 g/mol. The van der Waals surface area contributed by atoms with Gasteiger partial charge >= 0.3 is 0 Å². The van der Waals surface area contributed by atoms with Crippen LogP contribution in [0.2, 0.25) is 0 Å². The van der Waals surface area contributed by atoms with Gasteiger partial charge in [-0.15, -0.1) is 0 Å². The molecule has 2 N–H and O–H groups in total. The summed E-state index contributed by atoms with van der Waals surface area (Å²) in [6, 6.07) is 9.73. The molecule has 1 heterocycles. The van der Waals surface area contributed by atoms with Gasteiger partial charge in [-0.3, -0.25) is 0 Å². The molecule has 1 fully saturated rings. The number of benzene rings is 1. The summed E-state index contributed by atoms with van der Waals surface area (Å²) in [4.78, 5) is 4.80. The smallest absolute Gasteiger partial charge is 0.132 e. The van der Waals surface area contributed by atoms with Gasteiger partial charge in [0.2, 0.25) is 0 Å². The number of anilines is 1. The highest BCUT2D eigenvalue weighted by Gasteiger charge is 2.34.